The largest absolute Gasteiger partial charge is 0.418 e. The van der Waals surface area contributed by atoms with E-state index in [9.17, 15) is 13.2 Å². The predicted molar refractivity (Wildman–Crippen MR) is 88.6 cm³/mol. The zero-order chi connectivity index (χ0) is 17.0. The molecule has 2 nitrogen and oxygen atoms in total. The van der Waals surface area contributed by atoms with Crippen molar-refractivity contribution < 1.29 is 17.9 Å². The van der Waals surface area contributed by atoms with Gasteiger partial charge in [0, 0.05) is 13.1 Å². The minimum Gasteiger partial charge on any atom is -0.374 e. The summed E-state index contributed by atoms with van der Waals surface area (Å²) in [4.78, 5) is 0.0491. The Kier molecular flexibility index (Phi) is 5.34. The van der Waals surface area contributed by atoms with Crippen molar-refractivity contribution in [1.82, 2.24) is 5.32 Å². The van der Waals surface area contributed by atoms with E-state index in [1.54, 1.807) is 0 Å². The van der Waals surface area contributed by atoms with Crippen molar-refractivity contribution in [2.75, 3.05) is 19.7 Å². The summed E-state index contributed by atoms with van der Waals surface area (Å²) in [5, 5.41) is 2.98. The van der Waals surface area contributed by atoms with Gasteiger partial charge in [-0.05, 0) is 17.7 Å². The number of hydrogen-bond acceptors (Lipinski definition) is 3. The number of thioether (sulfide) groups is 1. The van der Waals surface area contributed by atoms with Crippen molar-refractivity contribution in [1.29, 1.82) is 0 Å². The summed E-state index contributed by atoms with van der Waals surface area (Å²) >= 11 is 1.13. The molecule has 6 heteroatoms. The van der Waals surface area contributed by atoms with Crippen LogP contribution >= 0.6 is 11.8 Å². The van der Waals surface area contributed by atoms with Gasteiger partial charge in [-0.2, -0.15) is 13.2 Å². The second-order valence-corrected chi connectivity index (χ2v) is 6.56. The van der Waals surface area contributed by atoms with E-state index in [-0.39, 0.29) is 16.3 Å². The Balaban J connectivity index is 1.91. The minimum absolute atomic E-state index is 0.0491. The normalized spacial score (nSPS) is 22.0. The Morgan fingerprint density at radius 2 is 2.04 bits per heavy atom. The number of rotatable bonds is 4. The summed E-state index contributed by atoms with van der Waals surface area (Å²) in [5.74, 6) is 0. The molecular weight excluding hydrogens is 335 g/mol. The molecule has 0 unspecified atom stereocenters. The molecule has 1 aliphatic carbocycles. The summed E-state index contributed by atoms with van der Waals surface area (Å²) in [6, 6.07) is 9.47. The average molecular weight is 351 g/mol. The molecule has 1 fully saturated rings. The summed E-state index contributed by atoms with van der Waals surface area (Å²) in [7, 11) is 0. The summed E-state index contributed by atoms with van der Waals surface area (Å²) in [6.07, 6.45) is -2.34. The monoisotopic (exact) mass is 351 g/mol. The van der Waals surface area contributed by atoms with E-state index in [0.29, 0.717) is 13.2 Å². The van der Waals surface area contributed by atoms with E-state index in [4.69, 9.17) is 4.74 Å². The first-order valence-electron chi connectivity index (χ1n) is 7.59. The maximum absolute atomic E-state index is 13.3. The lowest BCUT2D eigenvalue weighted by Crippen LogP contribution is -2.41. The maximum Gasteiger partial charge on any atom is 0.418 e. The van der Waals surface area contributed by atoms with Crippen LogP contribution in [-0.4, -0.2) is 32.0 Å². The van der Waals surface area contributed by atoms with Gasteiger partial charge in [0.25, 0.3) is 0 Å². The lowest BCUT2D eigenvalue weighted by atomic mass is 10.1. The number of allylic oxidation sites excluding steroid dienone is 3. The Hall–Kier alpha value is -1.68. The lowest BCUT2D eigenvalue weighted by Gasteiger charge is -2.31. The second kappa shape index (κ2) is 7.47. The molecule has 0 bridgehead atoms. The van der Waals surface area contributed by atoms with Crippen LogP contribution in [0.3, 0.4) is 0 Å². The summed E-state index contributed by atoms with van der Waals surface area (Å²) in [6.45, 7) is 1.90. The SMILES string of the molecule is FC(F)(F)C1=CC=C=C=C1S[C@@H](c1ccccc1)[C@@H]1CNCCO1. The molecule has 0 spiro atoms. The summed E-state index contributed by atoms with van der Waals surface area (Å²) in [5.41, 5.74) is 5.50. The van der Waals surface area contributed by atoms with Gasteiger partial charge >= 0.3 is 6.18 Å². The molecule has 0 aromatic heterocycles. The van der Waals surface area contributed by atoms with Crippen LogP contribution in [0.2, 0.25) is 0 Å². The van der Waals surface area contributed by atoms with Gasteiger partial charge in [-0.3, -0.25) is 0 Å². The third-order valence-electron chi connectivity index (χ3n) is 3.74. The second-order valence-electron chi connectivity index (χ2n) is 5.41. The maximum atomic E-state index is 13.3. The highest BCUT2D eigenvalue weighted by Gasteiger charge is 2.38. The fourth-order valence-corrected chi connectivity index (χ4v) is 3.90. The molecule has 126 valence electrons. The Labute approximate surface area is 142 Å². The third-order valence-corrected chi connectivity index (χ3v) is 5.12. The zero-order valence-corrected chi connectivity index (χ0v) is 13.6. The van der Waals surface area contributed by atoms with Crippen LogP contribution in [-0.2, 0) is 4.74 Å². The van der Waals surface area contributed by atoms with E-state index in [2.05, 4.69) is 16.8 Å². The van der Waals surface area contributed by atoms with Gasteiger partial charge < -0.3 is 10.1 Å². The molecule has 1 aromatic rings. The van der Waals surface area contributed by atoms with Gasteiger partial charge in [-0.15, -0.1) is 11.8 Å². The van der Waals surface area contributed by atoms with Crippen molar-refractivity contribution in [3.05, 3.63) is 70.0 Å². The number of benzene rings is 1. The highest BCUT2D eigenvalue weighted by atomic mass is 32.2. The molecule has 0 amide bonds. The molecule has 1 saturated heterocycles. The van der Waals surface area contributed by atoms with E-state index in [0.717, 1.165) is 29.9 Å². The molecule has 1 N–H and O–H groups in total. The first kappa shape index (κ1) is 17.2. The first-order valence-corrected chi connectivity index (χ1v) is 8.47. The third kappa shape index (κ3) is 4.04. The lowest BCUT2D eigenvalue weighted by molar-refractivity contribution is -0.0885. The zero-order valence-electron chi connectivity index (χ0n) is 12.8. The quantitative estimate of drug-likeness (QED) is 0.824. The molecule has 0 saturated carbocycles. The molecule has 1 aromatic carbocycles. The summed E-state index contributed by atoms with van der Waals surface area (Å²) < 4.78 is 45.6. The van der Waals surface area contributed by atoms with Gasteiger partial charge in [0.05, 0.1) is 28.4 Å². The fourth-order valence-electron chi connectivity index (χ4n) is 2.60. The minimum atomic E-state index is -4.42. The number of ether oxygens (including phenoxy) is 1. The molecule has 3 rings (SSSR count). The molecule has 2 atom stereocenters. The van der Waals surface area contributed by atoms with Crippen LogP contribution < -0.4 is 5.32 Å². The topological polar surface area (TPSA) is 21.3 Å². The van der Waals surface area contributed by atoms with Crippen LogP contribution in [0.4, 0.5) is 13.2 Å². The first-order chi connectivity index (χ1) is 11.6. The van der Waals surface area contributed by atoms with Gasteiger partial charge in [-0.25, -0.2) is 0 Å². The Morgan fingerprint density at radius 3 is 2.71 bits per heavy atom. The van der Waals surface area contributed by atoms with Gasteiger partial charge in [0.1, 0.15) is 0 Å². The van der Waals surface area contributed by atoms with Gasteiger partial charge in [0.2, 0.25) is 0 Å². The van der Waals surface area contributed by atoms with E-state index < -0.39 is 11.7 Å². The predicted octanol–water partition coefficient (Wildman–Crippen LogP) is 4.15. The van der Waals surface area contributed by atoms with E-state index in [1.807, 2.05) is 30.3 Å². The smallest absolute Gasteiger partial charge is 0.374 e. The van der Waals surface area contributed by atoms with Crippen LogP contribution in [0.5, 0.6) is 0 Å². The highest BCUT2D eigenvalue weighted by molar-refractivity contribution is 8.03. The van der Waals surface area contributed by atoms with E-state index >= 15 is 0 Å². The van der Waals surface area contributed by atoms with Crippen molar-refractivity contribution >= 4 is 11.8 Å². The Morgan fingerprint density at radius 1 is 1.25 bits per heavy atom. The Bertz CT molecular complexity index is 708. The van der Waals surface area contributed by atoms with Crippen LogP contribution in [0.25, 0.3) is 0 Å². The van der Waals surface area contributed by atoms with E-state index in [1.165, 1.54) is 6.08 Å². The molecule has 2 aliphatic rings. The van der Waals surface area contributed by atoms with Crippen LogP contribution in [0.15, 0.2) is 64.4 Å². The van der Waals surface area contributed by atoms with Gasteiger partial charge in [0.15, 0.2) is 0 Å². The van der Waals surface area contributed by atoms with Crippen molar-refractivity contribution in [2.24, 2.45) is 0 Å². The molecule has 1 heterocycles. The molecule has 1 aliphatic heterocycles. The van der Waals surface area contributed by atoms with Gasteiger partial charge in [-0.1, -0.05) is 41.8 Å². The van der Waals surface area contributed by atoms with Crippen molar-refractivity contribution in [2.45, 2.75) is 17.5 Å². The number of nitrogens with one attached hydrogen (secondary N) is 1. The average Bonchev–Trinajstić information content (AvgIpc) is 2.61. The number of halogens is 3. The van der Waals surface area contributed by atoms with Crippen LogP contribution in [0, 0.1) is 0 Å². The molecule has 0 radical (unpaired) electrons. The highest BCUT2D eigenvalue weighted by Crippen LogP contribution is 2.45. The standard InChI is InChI=1S/C18H16F3NOS/c19-18(20,21)14-8-4-5-9-16(14)24-17(13-6-2-1-3-7-13)15-12-22-10-11-23-15/h1-4,6-8,15,17,22H,10-12H2/t15-,17-/m0/s1. The fraction of sp³-hybridized carbons (Fsp3) is 0.333. The number of hydrogen-bond donors (Lipinski definition) is 1. The van der Waals surface area contributed by atoms with Crippen molar-refractivity contribution in [3.8, 4) is 0 Å². The number of morpholine rings is 1. The van der Waals surface area contributed by atoms with Crippen molar-refractivity contribution in [3.63, 3.8) is 0 Å². The molecular formula is C18H16F3NOS. The number of alkyl halides is 3. The van der Waals surface area contributed by atoms with Crippen LogP contribution in [0.1, 0.15) is 10.8 Å². The molecule has 24 heavy (non-hydrogen) atoms.